The van der Waals surface area contributed by atoms with Crippen molar-refractivity contribution in [2.45, 2.75) is 122 Å². The Morgan fingerprint density at radius 2 is 1.45 bits per heavy atom. The summed E-state index contributed by atoms with van der Waals surface area (Å²) < 4.78 is 5.65. The molecule has 0 aromatic carbocycles. The van der Waals surface area contributed by atoms with Crippen molar-refractivity contribution in [1.29, 1.82) is 0 Å². The third-order valence-corrected chi connectivity index (χ3v) is 7.65. The van der Waals surface area contributed by atoms with Crippen LogP contribution in [-0.2, 0) is 28.7 Å². The van der Waals surface area contributed by atoms with Crippen molar-refractivity contribution in [3.63, 3.8) is 0 Å². The van der Waals surface area contributed by atoms with Gasteiger partial charge in [0.2, 0.25) is 11.8 Å². The number of hydrogen-bond acceptors (Lipinski definition) is 7. The molecule has 1 rings (SSSR count). The summed E-state index contributed by atoms with van der Waals surface area (Å²) >= 11 is 0. The molecule has 0 fully saturated rings. The van der Waals surface area contributed by atoms with Gasteiger partial charge in [0.15, 0.2) is 11.4 Å². The quantitative estimate of drug-likeness (QED) is 0.157. The summed E-state index contributed by atoms with van der Waals surface area (Å²) in [6.07, 6.45) is 17.2. The lowest BCUT2D eigenvalue weighted by atomic mass is 9.85. The van der Waals surface area contributed by atoms with E-state index < -0.39 is 53.6 Å². The van der Waals surface area contributed by atoms with Crippen LogP contribution in [0.2, 0.25) is 0 Å². The molecule has 0 unspecified atom stereocenters. The minimum Gasteiger partial charge on any atom is -0.460 e. The van der Waals surface area contributed by atoms with Gasteiger partial charge >= 0.3 is 5.97 Å². The number of rotatable bonds is 14. The Balaban J connectivity index is 2.76. The van der Waals surface area contributed by atoms with E-state index in [0.29, 0.717) is 12.8 Å². The molecule has 238 valence electrons. The van der Waals surface area contributed by atoms with Crippen LogP contribution in [0.3, 0.4) is 0 Å². The average molecular weight is 592 g/mol. The van der Waals surface area contributed by atoms with Crippen LogP contribution >= 0.6 is 0 Å². The van der Waals surface area contributed by atoms with Gasteiger partial charge in [-0.25, -0.2) is 0 Å². The summed E-state index contributed by atoms with van der Waals surface area (Å²) in [6.45, 7) is 7.52. The fourth-order valence-electron chi connectivity index (χ4n) is 4.87. The smallest absolute Gasteiger partial charge is 0.325 e. The molecule has 0 aromatic heterocycles. The van der Waals surface area contributed by atoms with E-state index in [1.54, 1.807) is 0 Å². The highest BCUT2D eigenvalue weighted by atomic mass is 16.5. The summed E-state index contributed by atoms with van der Waals surface area (Å²) in [5, 5.41) is 15.4. The van der Waals surface area contributed by atoms with Crippen LogP contribution in [-0.4, -0.2) is 71.3 Å². The highest BCUT2D eigenvalue weighted by molar-refractivity contribution is 6.10. The number of nitrogens with zero attached hydrogens (tertiary/aromatic N) is 1. The van der Waals surface area contributed by atoms with Crippen LogP contribution in [0, 0.1) is 5.92 Å². The molecule has 0 spiro atoms. The monoisotopic (exact) mass is 591 g/mol. The number of carbonyl (C=O) groups is 5. The van der Waals surface area contributed by atoms with Crippen molar-refractivity contribution in [2.24, 2.45) is 5.92 Å². The van der Waals surface area contributed by atoms with Crippen molar-refractivity contribution < 1.29 is 33.8 Å². The molecule has 10 nitrogen and oxygen atoms in total. The number of Topliss-reactive ketones (excluding diaryl/α,β-unsaturated/α-hetero) is 1. The molecule has 0 aliphatic carbocycles. The first kappa shape index (κ1) is 37.0. The molecule has 0 saturated carbocycles. The SMILES string of the molecule is C=C1C=CC(=O)N(C)CC(=O)O[C@@H](CCCCCCCCCCCCCCC)[C@H](C)C(=O)[C@](C)(O)C(=O)NCC(=O)N1. The minimum absolute atomic E-state index is 0.0808. The van der Waals surface area contributed by atoms with Crippen LogP contribution in [0.15, 0.2) is 24.4 Å². The number of ether oxygens (including phenoxy) is 1. The second-order valence-corrected chi connectivity index (χ2v) is 11.6. The van der Waals surface area contributed by atoms with Crippen molar-refractivity contribution in [3.8, 4) is 0 Å². The number of hydrogen-bond donors (Lipinski definition) is 3. The van der Waals surface area contributed by atoms with Crippen LogP contribution in [0.5, 0.6) is 0 Å². The second-order valence-electron chi connectivity index (χ2n) is 11.6. The number of carbonyl (C=O) groups excluding carboxylic acids is 5. The minimum atomic E-state index is -2.45. The summed E-state index contributed by atoms with van der Waals surface area (Å²) in [4.78, 5) is 64.3. The lowest BCUT2D eigenvalue weighted by Crippen LogP contribution is -2.55. The number of likely N-dealkylation sites (N-methyl/N-ethyl adjacent to an activating group) is 1. The number of ketones is 1. The number of aliphatic hydroxyl groups is 1. The van der Waals surface area contributed by atoms with E-state index in [0.717, 1.165) is 37.2 Å². The Morgan fingerprint density at radius 3 is 2.00 bits per heavy atom. The molecule has 3 N–H and O–H groups in total. The average Bonchev–Trinajstić information content (AvgIpc) is 2.94. The van der Waals surface area contributed by atoms with Gasteiger partial charge in [-0.2, -0.15) is 0 Å². The lowest BCUT2D eigenvalue weighted by molar-refractivity contribution is -0.162. The van der Waals surface area contributed by atoms with E-state index in [-0.39, 0.29) is 12.2 Å². The molecule has 0 aromatic rings. The maximum atomic E-state index is 13.2. The van der Waals surface area contributed by atoms with Gasteiger partial charge in [0.05, 0.1) is 12.5 Å². The molecule has 0 saturated heterocycles. The van der Waals surface area contributed by atoms with Crippen molar-refractivity contribution in [1.82, 2.24) is 15.5 Å². The van der Waals surface area contributed by atoms with E-state index in [9.17, 15) is 29.1 Å². The maximum absolute atomic E-state index is 13.2. The third kappa shape index (κ3) is 14.2. The fraction of sp³-hybridized carbons (Fsp3) is 0.719. The first-order valence-electron chi connectivity index (χ1n) is 15.6. The summed E-state index contributed by atoms with van der Waals surface area (Å²) in [5.41, 5.74) is -2.37. The molecule has 1 aliphatic rings. The van der Waals surface area contributed by atoms with Crippen LogP contribution in [0.1, 0.15) is 111 Å². The second kappa shape index (κ2) is 20.0. The van der Waals surface area contributed by atoms with Gasteiger partial charge in [0, 0.05) is 18.8 Å². The molecule has 42 heavy (non-hydrogen) atoms. The number of unbranched alkanes of at least 4 members (excludes halogenated alkanes) is 12. The molecule has 10 heteroatoms. The first-order chi connectivity index (χ1) is 19.9. The summed E-state index contributed by atoms with van der Waals surface area (Å²) in [6, 6.07) is 0. The molecule has 1 heterocycles. The van der Waals surface area contributed by atoms with E-state index in [1.807, 2.05) is 0 Å². The largest absolute Gasteiger partial charge is 0.460 e. The Morgan fingerprint density at radius 1 is 0.929 bits per heavy atom. The predicted molar refractivity (Wildman–Crippen MR) is 162 cm³/mol. The highest BCUT2D eigenvalue weighted by Gasteiger charge is 2.44. The standard InChI is InChI=1S/C32H53N3O7/c1-6-7-8-9-10-11-12-13-14-15-16-17-18-19-26-25(3)30(39)32(4,41)31(40)33-22-27(36)34-24(2)20-21-28(37)35(5)23-29(38)42-26/h20-21,25-26,41H,2,6-19,22-23H2,1,3-5H3,(H,33,40)(H,34,36)/t25-,26-,32-/m0/s1. The van der Waals surface area contributed by atoms with Crippen molar-refractivity contribution in [2.75, 3.05) is 20.1 Å². The zero-order chi connectivity index (χ0) is 31.5. The van der Waals surface area contributed by atoms with Crippen LogP contribution in [0.25, 0.3) is 0 Å². The number of allylic oxidation sites excluding steroid dienone is 1. The first-order valence-corrected chi connectivity index (χ1v) is 15.6. The highest BCUT2D eigenvalue weighted by Crippen LogP contribution is 2.23. The normalized spacial score (nSPS) is 23.4. The number of esters is 1. The Bertz CT molecular complexity index is 944. The Hall–Kier alpha value is -3.01. The molecular weight excluding hydrogens is 538 g/mol. The van der Waals surface area contributed by atoms with Crippen LogP contribution in [0.4, 0.5) is 0 Å². The number of cyclic esters (lactones) is 1. The van der Waals surface area contributed by atoms with Crippen molar-refractivity contribution >= 4 is 29.5 Å². The predicted octanol–water partition coefficient (Wildman–Crippen LogP) is 4.11. The molecule has 3 amide bonds. The zero-order valence-electron chi connectivity index (χ0n) is 26.2. The van der Waals surface area contributed by atoms with Gasteiger partial charge in [-0.15, -0.1) is 0 Å². The molecule has 0 bridgehead atoms. The number of amides is 3. The van der Waals surface area contributed by atoms with E-state index in [1.165, 1.54) is 77.8 Å². The molecular formula is C32H53N3O7. The van der Waals surface area contributed by atoms with Gasteiger partial charge < -0.3 is 25.4 Å². The molecule has 0 radical (unpaired) electrons. The van der Waals surface area contributed by atoms with E-state index >= 15 is 0 Å². The lowest BCUT2D eigenvalue weighted by Gasteiger charge is -2.29. The van der Waals surface area contributed by atoms with Crippen molar-refractivity contribution in [3.05, 3.63) is 24.4 Å². The van der Waals surface area contributed by atoms with Gasteiger partial charge in [-0.3, -0.25) is 24.0 Å². The summed E-state index contributed by atoms with van der Waals surface area (Å²) in [5.74, 6) is -4.75. The van der Waals surface area contributed by atoms with E-state index in [4.69, 9.17) is 4.74 Å². The van der Waals surface area contributed by atoms with Gasteiger partial charge in [0.25, 0.3) is 5.91 Å². The van der Waals surface area contributed by atoms with Gasteiger partial charge in [-0.05, 0) is 25.8 Å². The van der Waals surface area contributed by atoms with E-state index in [2.05, 4.69) is 24.1 Å². The topological polar surface area (TPSA) is 142 Å². The molecule has 3 atom stereocenters. The molecule has 1 aliphatic heterocycles. The fourth-order valence-corrected chi connectivity index (χ4v) is 4.87. The Kier molecular flexibility index (Phi) is 17.6. The third-order valence-electron chi connectivity index (χ3n) is 7.65. The van der Waals surface area contributed by atoms with Gasteiger partial charge in [-0.1, -0.05) is 97.5 Å². The summed E-state index contributed by atoms with van der Waals surface area (Å²) in [7, 11) is 1.42. The Labute approximate surface area is 251 Å². The number of nitrogens with one attached hydrogen (secondary N) is 2. The van der Waals surface area contributed by atoms with Crippen LogP contribution < -0.4 is 10.6 Å². The van der Waals surface area contributed by atoms with Gasteiger partial charge in [0.1, 0.15) is 12.6 Å². The maximum Gasteiger partial charge on any atom is 0.325 e. The zero-order valence-corrected chi connectivity index (χ0v) is 26.2.